The molecule has 4 rings (SSSR count). The lowest BCUT2D eigenvalue weighted by Gasteiger charge is -2.60. The largest absolute Gasteiger partial charge is 0.464 e. The van der Waals surface area contributed by atoms with Gasteiger partial charge in [0.1, 0.15) is 11.9 Å². The molecule has 0 spiro atoms. The van der Waals surface area contributed by atoms with Crippen molar-refractivity contribution < 1.29 is 14.3 Å². The molecule has 0 bridgehead atoms. The van der Waals surface area contributed by atoms with Gasteiger partial charge >= 0.3 is 0 Å². The molecule has 128 valence electrons. The van der Waals surface area contributed by atoms with Gasteiger partial charge in [-0.2, -0.15) is 0 Å². The number of ketones is 1. The molecule has 0 aliphatic heterocycles. The Labute approximate surface area is 139 Å². The summed E-state index contributed by atoms with van der Waals surface area (Å²) in [4.78, 5) is 22.8. The molecular formula is C20H30O3. The van der Waals surface area contributed by atoms with Crippen molar-refractivity contribution in [3.8, 4) is 0 Å². The lowest BCUT2D eigenvalue weighted by molar-refractivity contribution is -0.153. The fourth-order valence-corrected chi connectivity index (χ4v) is 7.29. The Hall–Kier alpha value is -0.860. The van der Waals surface area contributed by atoms with Gasteiger partial charge in [0.2, 0.25) is 0 Å². The molecular weight excluding hydrogens is 288 g/mol. The van der Waals surface area contributed by atoms with Gasteiger partial charge in [0.15, 0.2) is 0 Å². The second-order valence-corrected chi connectivity index (χ2v) is 9.24. The fraction of sp³-hybridized carbons (Fsp3) is 0.900. The molecule has 4 aliphatic rings. The van der Waals surface area contributed by atoms with Crippen LogP contribution in [0.1, 0.15) is 71.6 Å². The minimum Gasteiger partial charge on any atom is -0.464 e. The maximum Gasteiger partial charge on any atom is 0.293 e. The maximum atomic E-state index is 11.9. The Morgan fingerprint density at radius 1 is 1.00 bits per heavy atom. The van der Waals surface area contributed by atoms with Crippen LogP contribution >= 0.6 is 0 Å². The van der Waals surface area contributed by atoms with Gasteiger partial charge in [0, 0.05) is 18.3 Å². The molecule has 0 amide bonds. The van der Waals surface area contributed by atoms with Crippen molar-refractivity contribution in [2.75, 3.05) is 0 Å². The lowest BCUT2D eigenvalue weighted by Crippen LogP contribution is -2.54. The SMILES string of the molecule is C[C@]12CCC(=O)C[C@H]1CC[C@@H]1[C@@H]2CC[C@]2(C)[C@H](OC=O)CC[C@@H]12. The first-order valence-corrected chi connectivity index (χ1v) is 9.60. The molecule has 0 N–H and O–H groups in total. The topological polar surface area (TPSA) is 43.4 Å². The smallest absolute Gasteiger partial charge is 0.293 e. The third kappa shape index (κ3) is 2.14. The van der Waals surface area contributed by atoms with Crippen LogP contribution in [0.3, 0.4) is 0 Å². The fourth-order valence-electron chi connectivity index (χ4n) is 7.29. The number of carbonyl (C=O) groups excluding carboxylic acids is 2. The van der Waals surface area contributed by atoms with Crippen molar-refractivity contribution in [3.05, 3.63) is 0 Å². The summed E-state index contributed by atoms with van der Waals surface area (Å²) in [6.07, 6.45) is 10.1. The zero-order valence-corrected chi connectivity index (χ0v) is 14.6. The second kappa shape index (κ2) is 5.32. The number of fused-ring (bicyclic) bond motifs is 5. The van der Waals surface area contributed by atoms with Gasteiger partial charge in [0.05, 0.1) is 0 Å². The van der Waals surface area contributed by atoms with E-state index in [-0.39, 0.29) is 11.5 Å². The van der Waals surface area contributed by atoms with E-state index in [9.17, 15) is 9.59 Å². The molecule has 7 atom stereocenters. The Morgan fingerprint density at radius 3 is 2.57 bits per heavy atom. The molecule has 0 aromatic carbocycles. The average molecular weight is 318 g/mol. The van der Waals surface area contributed by atoms with E-state index in [4.69, 9.17) is 4.74 Å². The molecule has 4 aliphatic carbocycles. The van der Waals surface area contributed by atoms with E-state index >= 15 is 0 Å². The van der Waals surface area contributed by atoms with E-state index in [1.807, 2.05) is 0 Å². The quantitative estimate of drug-likeness (QED) is 0.719. The van der Waals surface area contributed by atoms with Crippen molar-refractivity contribution in [1.82, 2.24) is 0 Å². The molecule has 4 fully saturated rings. The van der Waals surface area contributed by atoms with Crippen LogP contribution < -0.4 is 0 Å². The van der Waals surface area contributed by atoms with E-state index in [0.717, 1.165) is 37.5 Å². The summed E-state index contributed by atoms with van der Waals surface area (Å²) >= 11 is 0. The van der Waals surface area contributed by atoms with E-state index in [2.05, 4.69) is 13.8 Å². The summed E-state index contributed by atoms with van der Waals surface area (Å²) < 4.78 is 5.48. The van der Waals surface area contributed by atoms with Gasteiger partial charge in [-0.25, -0.2) is 0 Å². The van der Waals surface area contributed by atoms with Crippen LogP contribution in [0.15, 0.2) is 0 Å². The molecule has 3 heteroatoms. The average Bonchev–Trinajstić information content (AvgIpc) is 2.85. The summed E-state index contributed by atoms with van der Waals surface area (Å²) in [5.41, 5.74) is 0.567. The van der Waals surface area contributed by atoms with Crippen LogP contribution in [0.25, 0.3) is 0 Å². The summed E-state index contributed by atoms with van der Waals surface area (Å²) in [7, 11) is 0. The minimum atomic E-state index is 0.129. The van der Waals surface area contributed by atoms with Gasteiger partial charge < -0.3 is 4.74 Å². The number of Topliss-reactive ketones (excluding diaryl/α,β-unsaturated/α-hetero) is 1. The third-order valence-corrected chi connectivity index (χ3v) is 8.61. The molecule has 0 aromatic heterocycles. The molecule has 0 saturated heterocycles. The minimum absolute atomic E-state index is 0.129. The first-order valence-electron chi connectivity index (χ1n) is 9.60. The van der Waals surface area contributed by atoms with Crippen molar-refractivity contribution in [2.45, 2.75) is 77.7 Å². The van der Waals surface area contributed by atoms with Crippen molar-refractivity contribution in [2.24, 2.45) is 34.5 Å². The highest BCUT2D eigenvalue weighted by molar-refractivity contribution is 5.79. The number of rotatable bonds is 2. The first-order chi connectivity index (χ1) is 11.0. The predicted octanol–water partition coefficient (Wildman–Crippen LogP) is 4.14. The van der Waals surface area contributed by atoms with Gasteiger partial charge in [-0.05, 0) is 74.0 Å². The number of ether oxygens (including phenoxy) is 1. The normalized spacial score (nSPS) is 52.3. The van der Waals surface area contributed by atoms with Gasteiger partial charge in [-0.1, -0.05) is 13.8 Å². The molecule has 0 aromatic rings. The third-order valence-electron chi connectivity index (χ3n) is 8.61. The second-order valence-electron chi connectivity index (χ2n) is 9.24. The van der Waals surface area contributed by atoms with Gasteiger partial charge in [-0.3, -0.25) is 9.59 Å². The Balaban J connectivity index is 1.60. The van der Waals surface area contributed by atoms with Crippen LogP contribution in [0.2, 0.25) is 0 Å². The van der Waals surface area contributed by atoms with Crippen LogP contribution in [-0.2, 0) is 14.3 Å². The molecule has 23 heavy (non-hydrogen) atoms. The van der Waals surface area contributed by atoms with Crippen LogP contribution in [0.4, 0.5) is 0 Å². The number of carbonyl (C=O) groups is 2. The van der Waals surface area contributed by atoms with E-state index in [1.165, 1.54) is 32.1 Å². The van der Waals surface area contributed by atoms with Gasteiger partial charge in [-0.15, -0.1) is 0 Å². The highest BCUT2D eigenvalue weighted by atomic mass is 16.5. The van der Waals surface area contributed by atoms with E-state index < -0.39 is 0 Å². The molecule has 0 unspecified atom stereocenters. The predicted molar refractivity (Wildman–Crippen MR) is 87.7 cm³/mol. The zero-order chi connectivity index (χ0) is 16.2. The van der Waals surface area contributed by atoms with Crippen molar-refractivity contribution in [3.63, 3.8) is 0 Å². The Bertz CT molecular complexity index is 515. The Kier molecular flexibility index (Phi) is 3.62. The first kappa shape index (κ1) is 15.7. The molecule has 4 saturated carbocycles. The number of hydrogen-bond donors (Lipinski definition) is 0. The summed E-state index contributed by atoms with van der Waals surface area (Å²) in [5, 5.41) is 0. The molecule has 0 heterocycles. The summed E-state index contributed by atoms with van der Waals surface area (Å²) in [6.45, 7) is 5.52. The Morgan fingerprint density at radius 2 is 1.78 bits per heavy atom. The van der Waals surface area contributed by atoms with Crippen LogP contribution in [0, 0.1) is 34.5 Å². The molecule has 3 nitrogen and oxygen atoms in total. The highest BCUT2D eigenvalue weighted by Crippen LogP contribution is 2.66. The van der Waals surface area contributed by atoms with Gasteiger partial charge in [0.25, 0.3) is 6.47 Å². The standard InChI is InChI=1S/C20H30O3/c1-19-9-7-14(22)11-13(19)3-4-15-16-5-6-18(23-12-21)20(16,2)10-8-17(15)19/h12-13,15-18H,3-11H2,1-2H3/t13-,15+,16+,17+,18-,19+,20+/m1/s1. The van der Waals surface area contributed by atoms with Crippen LogP contribution in [0.5, 0.6) is 0 Å². The lowest BCUT2D eigenvalue weighted by atomic mass is 9.45. The molecule has 0 radical (unpaired) electrons. The summed E-state index contributed by atoms with van der Waals surface area (Å²) in [6, 6.07) is 0. The van der Waals surface area contributed by atoms with E-state index in [0.29, 0.717) is 29.5 Å². The summed E-state index contributed by atoms with van der Waals surface area (Å²) in [5.74, 6) is 3.39. The number of hydrogen-bond acceptors (Lipinski definition) is 3. The van der Waals surface area contributed by atoms with Crippen molar-refractivity contribution >= 4 is 12.3 Å². The highest BCUT2D eigenvalue weighted by Gasteiger charge is 2.60. The van der Waals surface area contributed by atoms with E-state index in [1.54, 1.807) is 0 Å². The monoisotopic (exact) mass is 318 g/mol. The van der Waals surface area contributed by atoms with Crippen LogP contribution in [-0.4, -0.2) is 18.4 Å². The maximum absolute atomic E-state index is 11.9. The van der Waals surface area contributed by atoms with Crippen molar-refractivity contribution in [1.29, 1.82) is 0 Å². The zero-order valence-electron chi connectivity index (χ0n) is 14.6.